The summed E-state index contributed by atoms with van der Waals surface area (Å²) in [5.41, 5.74) is 1.09. The minimum atomic E-state index is -2.48. The van der Waals surface area contributed by atoms with E-state index in [2.05, 4.69) is 36.8 Å². The lowest BCUT2D eigenvalue weighted by Crippen LogP contribution is -1.98. The molecule has 13 heavy (non-hydrogen) atoms. The van der Waals surface area contributed by atoms with Crippen LogP contribution >= 0.6 is 31.9 Å². The Morgan fingerprint density at radius 3 is 2.54 bits per heavy atom. The van der Waals surface area contributed by atoms with Gasteiger partial charge in [-0.05, 0) is 13.0 Å². The highest BCUT2D eigenvalue weighted by Crippen LogP contribution is 2.30. The van der Waals surface area contributed by atoms with E-state index in [4.69, 9.17) is 0 Å². The fraction of sp³-hybridized carbons (Fsp3) is 0.375. The quantitative estimate of drug-likeness (QED) is 0.752. The number of alkyl halides is 3. The Morgan fingerprint density at radius 2 is 2.15 bits per heavy atom. The van der Waals surface area contributed by atoms with Gasteiger partial charge in [-0.15, -0.1) is 0 Å². The van der Waals surface area contributed by atoms with Gasteiger partial charge < -0.3 is 0 Å². The number of hydrogen-bond acceptors (Lipinski definition) is 1. The first-order chi connectivity index (χ1) is 6.06. The van der Waals surface area contributed by atoms with Crippen LogP contribution in [-0.4, -0.2) is 4.98 Å². The molecule has 72 valence electrons. The van der Waals surface area contributed by atoms with Gasteiger partial charge in [-0.3, -0.25) is 4.98 Å². The van der Waals surface area contributed by atoms with Crippen molar-refractivity contribution in [1.82, 2.24) is 4.98 Å². The molecule has 1 aromatic heterocycles. The topological polar surface area (TPSA) is 12.9 Å². The van der Waals surface area contributed by atoms with Gasteiger partial charge in [-0.1, -0.05) is 31.9 Å². The van der Waals surface area contributed by atoms with Crippen LogP contribution in [0, 0.1) is 6.92 Å². The van der Waals surface area contributed by atoms with Crippen molar-refractivity contribution >= 4 is 31.9 Å². The fourth-order valence-electron chi connectivity index (χ4n) is 1.04. The number of nitrogens with zero attached hydrogens (tertiary/aromatic N) is 1. The van der Waals surface area contributed by atoms with Crippen LogP contribution in [0.15, 0.2) is 10.5 Å². The van der Waals surface area contributed by atoms with E-state index in [1.165, 1.54) is 0 Å². The summed E-state index contributed by atoms with van der Waals surface area (Å²) in [5.74, 6) is 0. The van der Waals surface area contributed by atoms with E-state index in [1.807, 2.05) is 0 Å². The lowest BCUT2D eigenvalue weighted by molar-refractivity contribution is 0.149. The predicted molar refractivity (Wildman–Crippen MR) is 54.3 cm³/mol. The van der Waals surface area contributed by atoms with Gasteiger partial charge in [0.15, 0.2) is 0 Å². The van der Waals surface area contributed by atoms with Crippen LogP contribution in [0.25, 0.3) is 0 Å². The monoisotopic (exact) mass is 313 g/mol. The molecule has 0 radical (unpaired) electrons. The van der Waals surface area contributed by atoms with Gasteiger partial charge >= 0.3 is 0 Å². The normalized spacial score (nSPS) is 10.9. The highest BCUT2D eigenvalue weighted by molar-refractivity contribution is 9.10. The molecule has 0 N–H and O–H groups in total. The predicted octanol–water partition coefficient (Wildman–Crippen LogP) is 3.99. The van der Waals surface area contributed by atoms with Gasteiger partial charge in [0.25, 0.3) is 6.43 Å². The first kappa shape index (κ1) is 11.0. The van der Waals surface area contributed by atoms with Crippen LogP contribution in [0.2, 0.25) is 0 Å². The summed E-state index contributed by atoms with van der Waals surface area (Å²) >= 11 is 6.32. The number of pyridine rings is 1. The lowest BCUT2D eigenvalue weighted by atomic mass is 10.2. The van der Waals surface area contributed by atoms with Crippen LogP contribution in [0.3, 0.4) is 0 Å². The van der Waals surface area contributed by atoms with Crippen molar-refractivity contribution < 1.29 is 8.78 Å². The molecule has 0 bridgehead atoms. The van der Waals surface area contributed by atoms with Crippen molar-refractivity contribution in [3.63, 3.8) is 0 Å². The Labute approximate surface area is 91.8 Å². The Balaban J connectivity index is 3.23. The minimum Gasteiger partial charge on any atom is -0.257 e. The first-order valence-corrected chi connectivity index (χ1v) is 5.47. The van der Waals surface area contributed by atoms with Crippen LogP contribution in [0.4, 0.5) is 8.78 Å². The van der Waals surface area contributed by atoms with Gasteiger partial charge in [0, 0.05) is 15.5 Å². The zero-order valence-corrected chi connectivity index (χ0v) is 9.99. The zero-order valence-electron chi connectivity index (χ0n) is 6.82. The maximum atomic E-state index is 12.4. The maximum absolute atomic E-state index is 12.4. The summed E-state index contributed by atoms with van der Waals surface area (Å²) in [6, 6.07) is 1.60. The highest BCUT2D eigenvalue weighted by atomic mass is 79.9. The zero-order chi connectivity index (χ0) is 10.0. The summed E-state index contributed by atoms with van der Waals surface area (Å²) in [4.78, 5) is 4.02. The molecule has 0 aromatic carbocycles. The first-order valence-electron chi connectivity index (χ1n) is 3.56. The molecule has 1 rings (SSSR count). The van der Waals surface area contributed by atoms with Crippen molar-refractivity contribution in [1.29, 1.82) is 0 Å². The van der Waals surface area contributed by atoms with E-state index in [0.29, 0.717) is 15.5 Å². The molecule has 0 saturated carbocycles. The van der Waals surface area contributed by atoms with Crippen molar-refractivity contribution in [3.8, 4) is 0 Å². The number of halogens is 4. The second-order valence-electron chi connectivity index (χ2n) is 2.53. The molecular weight excluding hydrogens is 308 g/mol. The van der Waals surface area contributed by atoms with E-state index >= 15 is 0 Å². The Morgan fingerprint density at radius 1 is 1.54 bits per heavy atom. The molecule has 1 nitrogen and oxygen atoms in total. The van der Waals surface area contributed by atoms with E-state index in [0.717, 1.165) is 5.69 Å². The van der Waals surface area contributed by atoms with Crippen molar-refractivity contribution in [2.45, 2.75) is 18.7 Å². The van der Waals surface area contributed by atoms with E-state index in [1.54, 1.807) is 13.0 Å². The molecule has 0 saturated heterocycles. The smallest absolute Gasteiger partial charge is 0.257 e. The summed E-state index contributed by atoms with van der Waals surface area (Å²) in [6.45, 7) is 1.58. The lowest BCUT2D eigenvalue weighted by Gasteiger charge is -2.08. The van der Waals surface area contributed by atoms with Crippen molar-refractivity contribution in [3.05, 3.63) is 27.5 Å². The van der Waals surface area contributed by atoms with E-state index in [-0.39, 0.29) is 5.56 Å². The largest absolute Gasteiger partial charge is 0.266 e. The Kier molecular flexibility index (Phi) is 3.79. The van der Waals surface area contributed by atoms with Crippen molar-refractivity contribution in [2.24, 2.45) is 0 Å². The maximum Gasteiger partial charge on any atom is 0.266 e. The molecule has 1 aromatic rings. The summed E-state index contributed by atoms with van der Waals surface area (Å²) in [6.07, 6.45) is -2.48. The molecule has 0 spiro atoms. The SMILES string of the molecule is Cc1nc(CBr)cc(Br)c1C(F)F. The van der Waals surface area contributed by atoms with Gasteiger partial charge in [-0.2, -0.15) is 0 Å². The standard InChI is InChI=1S/C8H7Br2F2N/c1-4-7(8(11)12)6(10)2-5(3-9)13-4/h2,8H,3H2,1H3. The third-order valence-corrected chi connectivity index (χ3v) is 2.84. The second-order valence-corrected chi connectivity index (χ2v) is 3.94. The van der Waals surface area contributed by atoms with Crippen LogP contribution in [0.5, 0.6) is 0 Å². The van der Waals surface area contributed by atoms with Crippen molar-refractivity contribution in [2.75, 3.05) is 0 Å². The van der Waals surface area contributed by atoms with Crippen LogP contribution in [-0.2, 0) is 5.33 Å². The summed E-state index contributed by atoms with van der Waals surface area (Å²) in [5, 5.41) is 0.565. The molecule has 0 fully saturated rings. The Hall–Kier alpha value is -0.0300. The third-order valence-electron chi connectivity index (χ3n) is 1.61. The summed E-state index contributed by atoms with van der Waals surface area (Å²) < 4.78 is 25.3. The van der Waals surface area contributed by atoms with Gasteiger partial charge in [0.05, 0.1) is 11.3 Å². The van der Waals surface area contributed by atoms with Crippen LogP contribution < -0.4 is 0 Å². The van der Waals surface area contributed by atoms with Gasteiger partial charge in [0.1, 0.15) is 0 Å². The van der Waals surface area contributed by atoms with E-state index in [9.17, 15) is 8.78 Å². The fourth-order valence-corrected chi connectivity index (χ4v) is 2.05. The Bertz CT molecular complexity index is 292. The average molecular weight is 315 g/mol. The molecule has 0 atom stereocenters. The molecule has 0 unspecified atom stereocenters. The van der Waals surface area contributed by atoms with Gasteiger partial charge in [-0.25, -0.2) is 8.78 Å². The van der Waals surface area contributed by atoms with Gasteiger partial charge in [0.2, 0.25) is 0 Å². The molecule has 1 heterocycles. The number of rotatable bonds is 2. The van der Waals surface area contributed by atoms with E-state index < -0.39 is 6.43 Å². The molecule has 5 heteroatoms. The molecule has 0 amide bonds. The second kappa shape index (κ2) is 4.46. The molecule has 0 aliphatic heterocycles. The number of aromatic nitrogens is 1. The molecular formula is C8H7Br2F2N. The summed E-state index contributed by atoms with van der Waals surface area (Å²) in [7, 11) is 0. The average Bonchev–Trinajstić information content (AvgIpc) is 2.02. The third kappa shape index (κ3) is 2.47. The number of aryl methyl sites for hydroxylation is 1. The van der Waals surface area contributed by atoms with Crippen LogP contribution in [0.1, 0.15) is 23.4 Å². The highest BCUT2D eigenvalue weighted by Gasteiger charge is 2.16. The molecule has 0 aliphatic rings. The molecule has 0 aliphatic carbocycles. The number of hydrogen-bond donors (Lipinski definition) is 0. The minimum absolute atomic E-state index is 0.0234.